The number of aryl methyl sites for hydroxylation is 2. The summed E-state index contributed by atoms with van der Waals surface area (Å²) >= 11 is 0. The van der Waals surface area contributed by atoms with Crippen molar-refractivity contribution in [2.45, 2.75) is 33.6 Å². The van der Waals surface area contributed by atoms with E-state index in [9.17, 15) is 9.59 Å². The Morgan fingerprint density at radius 3 is 2.46 bits per heavy atom. The normalized spacial score (nSPS) is 11.2. The van der Waals surface area contributed by atoms with Crippen molar-refractivity contribution in [2.24, 2.45) is 5.10 Å². The number of nitrogens with zero attached hydrogens (tertiary/aromatic N) is 1. The molecule has 0 saturated heterocycles. The molecule has 4 rings (SSSR count). The summed E-state index contributed by atoms with van der Waals surface area (Å²) in [6.07, 6.45) is 1.49. The van der Waals surface area contributed by atoms with E-state index in [2.05, 4.69) is 24.4 Å². The van der Waals surface area contributed by atoms with Crippen LogP contribution in [0.4, 0.5) is 0 Å². The van der Waals surface area contributed by atoms with Crippen LogP contribution in [0.3, 0.4) is 0 Å². The van der Waals surface area contributed by atoms with E-state index in [4.69, 9.17) is 9.47 Å². The van der Waals surface area contributed by atoms with Crippen molar-refractivity contribution >= 4 is 28.9 Å². The van der Waals surface area contributed by atoms with Crippen molar-refractivity contribution < 1.29 is 19.1 Å². The number of ether oxygens (including phenoxy) is 2. The highest BCUT2D eigenvalue weighted by Crippen LogP contribution is 2.28. The first-order valence-corrected chi connectivity index (χ1v) is 12.2. The molecule has 0 aliphatic heterocycles. The fourth-order valence-electron chi connectivity index (χ4n) is 4.02. The third-order valence-corrected chi connectivity index (χ3v) is 5.92. The van der Waals surface area contributed by atoms with Gasteiger partial charge in [0.15, 0.2) is 6.61 Å². The van der Waals surface area contributed by atoms with Crippen LogP contribution in [0, 0.1) is 13.8 Å². The average Bonchev–Trinajstić information content (AvgIpc) is 2.88. The molecule has 0 saturated carbocycles. The number of rotatable bonds is 8. The summed E-state index contributed by atoms with van der Waals surface area (Å²) in [5.41, 5.74) is 6.62. The van der Waals surface area contributed by atoms with Gasteiger partial charge in [0.05, 0.1) is 11.8 Å². The van der Waals surface area contributed by atoms with E-state index < -0.39 is 11.9 Å². The third kappa shape index (κ3) is 6.41. The summed E-state index contributed by atoms with van der Waals surface area (Å²) in [4.78, 5) is 25.3. The molecule has 0 bridgehead atoms. The molecule has 1 N–H and O–H groups in total. The number of fused-ring (bicyclic) bond motifs is 1. The van der Waals surface area contributed by atoms with Crippen molar-refractivity contribution in [3.05, 3.63) is 107 Å². The number of hydrogen-bond acceptors (Lipinski definition) is 5. The van der Waals surface area contributed by atoms with Gasteiger partial charge in [-0.1, -0.05) is 74.0 Å². The van der Waals surface area contributed by atoms with E-state index in [1.807, 2.05) is 74.5 Å². The first-order valence-electron chi connectivity index (χ1n) is 12.2. The first-order chi connectivity index (χ1) is 17.8. The lowest BCUT2D eigenvalue weighted by molar-refractivity contribution is -0.123. The van der Waals surface area contributed by atoms with Gasteiger partial charge in [-0.2, -0.15) is 5.10 Å². The Labute approximate surface area is 216 Å². The standard InChI is InChI=1S/C31H30N2O4/c1-20(2)25-14-12-22(4)17-29(25)36-19-30(34)33-32-18-27-26-11-6-5-9-23(26)13-15-28(27)37-31(35)24-10-7-8-21(3)16-24/h5-18,20H,19H2,1-4H3,(H,33,34). The lowest BCUT2D eigenvalue weighted by Crippen LogP contribution is -2.25. The molecular weight excluding hydrogens is 464 g/mol. The minimum atomic E-state index is -0.467. The maximum atomic E-state index is 12.8. The van der Waals surface area contributed by atoms with Crippen LogP contribution < -0.4 is 14.9 Å². The van der Waals surface area contributed by atoms with E-state index in [0.29, 0.717) is 22.6 Å². The average molecular weight is 495 g/mol. The number of hydrazone groups is 1. The van der Waals surface area contributed by atoms with Gasteiger partial charge >= 0.3 is 5.97 Å². The molecule has 1 amide bonds. The van der Waals surface area contributed by atoms with Gasteiger partial charge in [0, 0.05) is 5.56 Å². The van der Waals surface area contributed by atoms with E-state index in [1.165, 1.54) is 6.21 Å². The minimum absolute atomic E-state index is 0.175. The molecule has 6 heteroatoms. The van der Waals surface area contributed by atoms with Crippen molar-refractivity contribution in [3.63, 3.8) is 0 Å². The Morgan fingerprint density at radius 1 is 0.892 bits per heavy atom. The van der Waals surface area contributed by atoms with Crippen molar-refractivity contribution in [1.29, 1.82) is 0 Å². The second kappa shape index (κ2) is 11.5. The number of benzene rings is 4. The SMILES string of the molecule is Cc1cccc(C(=O)Oc2ccc3ccccc3c2C=NNC(=O)COc2cc(C)ccc2C(C)C)c1. The van der Waals surface area contributed by atoms with Crippen LogP contribution >= 0.6 is 0 Å². The second-order valence-electron chi connectivity index (χ2n) is 9.24. The maximum absolute atomic E-state index is 12.8. The van der Waals surface area contributed by atoms with Gasteiger partial charge in [-0.25, -0.2) is 10.2 Å². The Balaban J connectivity index is 1.51. The number of carbonyl (C=O) groups excluding carboxylic acids is 2. The fraction of sp³-hybridized carbons (Fsp3) is 0.194. The summed E-state index contributed by atoms with van der Waals surface area (Å²) < 4.78 is 11.5. The second-order valence-corrected chi connectivity index (χ2v) is 9.24. The predicted molar refractivity (Wildman–Crippen MR) is 147 cm³/mol. The Hall–Kier alpha value is -4.45. The van der Waals surface area contributed by atoms with E-state index >= 15 is 0 Å². The third-order valence-electron chi connectivity index (χ3n) is 5.92. The molecule has 0 heterocycles. The van der Waals surface area contributed by atoms with E-state index in [-0.39, 0.29) is 12.5 Å². The monoisotopic (exact) mass is 494 g/mol. The number of esters is 1. The molecule has 188 valence electrons. The van der Waals surface area contributed by atoms with Gasteiger partial charge in [-0.15, -0.1) is 0 Å². The number of hydrogen-bond donors (Lipinski definition) is 1. The molecule has 0 radical (unpaired) electrons. The Morgan fingerprint density at radius 2 is 1.68 bits per heavy atom. The van der Waals surface area contributed by atoms with Crippen LogP contribution in [0.5, 0.6) is 11.5 Å². The van der Waals surface area contributed by atoms with E-state index in [1.54, 1.807) is 18.2 Å². The molecule has 0 unspecified atom stereocenters. The van der Waals surface area contributed by atoms with Crippen LogP contribution in [-0.4, -0.2) is 24.7 Å². The summed E-state index contributed by atoms with van der Waals surface area (Å²) in [6, 6.07) is 24.5. The molecule has 0 fully saturated rings. The zero-order valence-corrected chi connectivity index (χ0v) is 21.4. The number of carbonyl (C=O) groups is 2. The Bertz CT molecular complexity index is 1470. The molecular formula is C31H30N2O4. The minimum Gasteiger partial charge on any atom is -0.483 e. The molecule has 0 aliphatic rings. The molecule has 4 aromatic carbocycles. The molecule has 0 aromatic heterocycles. The highest BCUT2D eigenvalue weighted by molar-refractivity contribution is 6.04. The zero-order chi connectivity index (χ0) is 26.4. The van der Waals surface area contributed by atoms with Crippen LogP contribution in [0.2, 0.25) is 0 Å². The van der Waals surface area contributed by atoms with Gasteiger partial charge in [0.1, 0.15) is 11.5 Å². The lowest BCUT2D eigenvalue weighted by atomic mass is 10.0. The van der Waals surface area contributed by atoms with E-state index in [0.717, 1.165) is 27.5 Å². The molecule has 0 atom stereocenters. The molecule has 6 nitrogen and oxygen atoms in total. The van der Waals surface area contributed by atoms with Crippen LogP contribution in [-0.2, 0) is 4.79 Å². The van der Waals surface area contributed by atoms with Crippen LogP contribution in [0.15, 0.2) is 84.0 Å². The lowest BCUT2D eigenvalue weighted by Gasteiger charge is -2.14. The van der Waals surface area contributed by atoms with Gasteiger partial charge in [-0.05, 0) is 65.9 Å². The van der Waals surface area contributed by atoms with Gasteiger partial charge < -0.3 is 9.47 Å². The topological polar surface area (TPSA) is 77.0 Å². The molecule has 0 aliphatic carbocycles. The fourth-order valence-corrected chi connectivity index (χ4v) is 4.02. The summed E-state index contributed by atoms with van der Waals surface area (Å²) in [5, 5.41) is 5.93. The van der Waals surface area contributed by atoms with Crippen LogP contribution in [0.25, 0.3) is 10.8 Å². The highest BCUT2D eigenvalue weighted by atomic mass is 16.5. The van der Waals surface area contributed by atoms with Crippen molar-refractivity contribution in [2.75, 3.05) is 6.61 Å². The quantitative estimate of drug-likeness (QED) is 0.134. The van der Waals surface area contributed by atoms with Gasteiger partial charge in [-0.3, -0.25) is 4.79 Å². The zero-order valence-electron chi connectivity index (χ0n) is 21.4. The molecule has 4 aromatic rings. The number of amides is 1. The number of nitrogens with one attached hydrogen (secondary N) is 1. The Kier molecular flexibility index (Phi) is 7.98. The van der Waals surface area contributed by atoms with Crippen molar-refractivity contribution in [1.82, 2.24) is 5.43 Å². The largest absolute Gasteiger partial charge is 0.483 e. The van der Waals surface area contributed by atoms with Crippen molar-refractivity contribution in [3.8, 4) is 11.5 Å². The summed E-state index contributed by atoms with van der Waals surface area (Å²) in [7, 11) is 0. The summed E-state index contributed by atoms with van der Waals surface area (Å²) in [5.74, 6) is 0.439. The van der Waals surface area contributed by atoms with Crippen LogP contribution in [0.1, 0.15) is 52.4 Å². The maximum Gasteiger partial charge on any atom is 0.343 e. The van der Waals surface area contributed by atoms with Gasteiger partial charge in [0.25, 0.3) is 5.91 Å². The first kappa shape index (κ1) is 25.6. The molecule has 37 heavy (non-hydrogen) atoms. The molecule has 0 spiro atoms. The summed E-state index contributed by atoms with van der Waals surface area (Å²) in [6.45, 7) is 7.88. The highest BCUT2D eigenvalue weighted by Gasteiger charge is 2.14. The smallest absolute Gasteiger partial charge is 0.343 e. The predicted octanol–water partition coefficient (Wildman–Crippen LogP) is 6.33. The van der Waals surface area contributed by atoms with Gasteiger partial charge in [0.2, 0.25) is 0 Å².